The minimum atomic E-state index is 0.139. The summed E-state index contributed by atoms with van der Waals surface area (Å²) in [6.45, 7) is 2.70. The van der Waals surface area contributed by atoms with Crippen molar-refractivity contribution in [2.24, 2.45) is 5.73 Å². The molecule has 1 fully saturated rings. The predicted octanol–water partition coefficient (Wildman–Crippen LogP) is 2.25. The molecule has 88 valence electrons. The molecule has 0 spiro atoms. The van der Waals surface area contributed by atoms with Crippen LogP contribution < -0.4 is 5.73 Å². The molecule has 1 saturated heterocycles. The summed E-state index contributed by atoms with van der Waals surface area (Å²) in [5, 5.41) is 9.89. The Morgan fingerprint density at radius 3 is 2.69 bits per heavy atom. The lowest BCUT2D eigenvalue weighted by atomic mass is 10.0. The molecule has 3 N–H and O–H groups in total. The molecule has 0 saturated carbocycles. The van der Waals surface area contributed by atoms with Gasteiger partial charge in [-0.3, -0.25) is 4.90 Å². The summed E-state index contributed by atoms with van der Waals surface area (Å²) in [5.41, 5.74) is 6.76. The fourth-order valence-electron chi connectivity index (χ4n) is 2.32. The molecule has 1 unspecified atom stereocenters. The highest BCUT2D eigenvalue weighted by atomic mass is 79.9. The van der Waals surface area contributed by atoms with E-state index in [1.54, 1.807) is 6.07 Å². The van der Waals surface area contributed by atoms with Crippen molar-refractivity contribution in [1.29, 1.82) is 0 Å². The molecule has 1 heterocycles. The number of phenols is 1. The lowest BCUT2D eigenvalue weighted by Gasteiger charge is -2.27. The van der Waals surface area contributed by atoms with Gasteiger partial charge in [0, 0.05) is 16.6 Å². The van der Waals surface area contributed by atoms with E-state index in [1.807, 2.05) is 12.1 Å². The zero-order valence-corrected chi connectivity index (χ0v) is 10.8. The van der Waals surface area contributed by atoms with Gasteiger partial charge in [0.15, 0.2) is 0 Å². The van der Waals surface area contributed by atoms with Gasteiger partial charge in [0.25, 0.3) is 0 Å². The second-order valence-corrected chi connectivity index (χ2v) is 5.11. The van der Waals surface area contributed by atoms with Crippen LogP contribution in [0.4, 0.5) is 0 Å². The molecule has 0 amide bonds. The molecule has 1 aromatic rings. The first-order valence-electron chi connectivity index (χ1n) is 5.65. The number of nitrogens with two attached hydrogens (primary N) is 1. The number of phenolic OH excluding ortho intramolecular Hbond substituents is 1. The summed E-state index contributed by atoms with van der Waals surface area (Å²) in [6, 6.07) is 5.67. The average Bonchev–Trinajstić information content (AvgIpc) is 2.78. The van der Waals surface area contributed by atoms with Crippen LogP contribution in [0.5, 0.6) is 5.75 Å². The van der Waals surface area contributed by atoms with Gasteiger partial charge in [-0.05, 0) is 44.1 Å². The Morgan fingerprint density at radius 2 is 2.06 bits per heavy atom. The number of hydrogen-bond acceptors (Lipinski definition) is 3. The molecule has 2 rings (SSSR count). The van der Waals surface area contributed by atoms with Gasteiger partial charge in [-0.2, -0.15) is 0 Å². The maximum atomic E-state index is 9.89. The Balaban J connectivity index is 2.28. The third kappa shape index (κ3) is 2.39. The van der Waals surface area contributed by atoms with Crippen LogP contribution in [0.1, 0.15) is 24.4 Å². The molecule has 0 bridgehead atoms. The highest BCUT2D eigenvalue weighted by molar-refractivity contribution is 9.10. The fraction of sp³-hybridized carbons (Fsp3) is 0.500. The van der Waals surface area contributed by atoms with Crippen LogP contribution in [-0.2, 0) is 0 Å². The van der Waals surface area contributed by atoms with Crippen LogP contribution >= 0.6 is 15.9 Å². The van der Waals surface area contributed by atoms with E-state index in [9.17, 15) is 5.11 Å². The summed E-state index contributed by atoms with van der Waals surface area (Å²) < 4.78 is 0.984. The van der Waals surface area contributed by atoms with Gasteiger partial charge in [0.05, 0.1) is 6.04 Å². The monoisotopic (exact) mass is 284 g/mol. The van der Waals surface area contributed by atoms with Gasteiger partial charge in [0.2, 0.25) is 0 Å². The number of likely N-dealkylation sites (tertiary alicyclic amines) is 1. The Morgan fingerprint density at radius 1 is 1.38 bits per heavy atom. The van der Waals surface area contributed by atoms with Crippen LogP contribution in [0.15, 0.2) is 22.7 Å². The second kappa shape index (κ2) is 5.17. The first kappa shape index (κ1) is 11.9. The number of benzene rings is 1. The molecular formula is C12H17BrN2O. The number of nitrogens with zero attached hydrogens (tertiary/aromatic N) is 1. The van der Waals surface area contributed by atoms with E-state index < -0.39 is 0 Å². The number of hydrogen-bond donors (Lipinski definition) is 2. The Kier molecular flexibility index (Phi) is 3.84. The highest BCUT2D eigenvalue weighted by Gasteiger charge is 2.24. The normalized spacial score (nSPS) is 18.9. The second-order valence-electron chi connectivity index (χ2n) is 4.20. The average molecular weight is 285 g/mol. The number of rotatable bonds is 3. The van der Waals surface area contributed by atoms with E-state index in [4.69, 9.17) is 5.73 Å². The minimum absolute atomic E-state index is 0.139. The van der Waals surface area contributed by atoms with Crippen LogP contribution in [0.3, 0.4) is 0 Å². The molecule has 0 radical (unpaired) electrons. The van der Waals surface area contributed by atoms with Gasteiger partial charge in [-0.1, -0.05) is 15.9 Å². The first-order chi connectivity index (χ1) is 7.72. The molecule has 1 aliphatic heterocycles. The van der Waals surface area contributed by atoms with E-state index in [0.717, 1.165) is 23.1 Å². The summed E-state index contributed by atoms with van der Waals surface area (Å²) in [7, 11) is 0. The van der Waals surface area contributed by atoms with Crippen molar-refractivity contribution in [3.63, 3.8) is 0 Å². The zero-order chi connectivity index (χ0) is 11.5. The highest BCUT2D eigenvalue weighted by Crippen LogP contribution is 2.32. The summed E-state index contributed by atoms with van der Waals surface area (Å²) in [4.78, 5) is 2.35. The Labute approximate surface area is 104 Å². The van der Waals surface area contributed by atoms with Gasteiger partial charge in [-0.15, -0.1) is 0 Å². The van der Waals surface area contributed by atoms with Gasteiger partial charge >= 0.3 is 0 Å². The van der Waals surface area contributed by atoms with Crippen LogP contribution in [0.25, 0.3) is 0 Å². The molecule has 1 atom stereocenters. The van der Waals surface area contributed by atoms with Crippen molar-refractivity contribution in [3.05, 3.63) is 28.2 Å². The smallest absolute Gasteiger partial charge is 0.120 e. The number of halogens is 1. The summed E-state index contributed by atoms with van der Waals surface area (Å²) >= 11 is 3.43. The van der Waals surface area contributed by atoms with E-state index in [2.05, 4.69) is 20.8 Å². The molecular weight excluding hydrogens is 268 g/mol. The molecule has 1 aromatic carbocycles. The van der Waals surface area contributed by atoms with E-state index in [-0.39, 0.29) is 6.04 Å². The molecule has 3 nitrogen and oxygen atoms in total. The molecule has 16 heavy (non-hydrogen) atoms. The van der Waals surface area contributed by atoms with Crippen molar-refractivity contribution >= 4 is 15.9 Å². The summed E-state index contributed by atoms with van der Waals surface area (Å²) in [5.74, 6) is 0.338. The zero-order valence-electron chi connectivity index (χ0n) is 9.19. The van der Waals surface area contributed by atoms with E-state index in [1.165, 1.54) is 12.8 Å². The lowest BCUT2D eigenvalue weighted by Crippen LogP contribution is -2.31. The third-order valence-electron chi connectivity index (χ3n) is 3.15. The lowest BCUT2D eigenvalue weighted by molar-refractivity contribution is 0.246. The minimum Gasteiger partial charge on any atom is -0.508 e. The van der Waals surface area contributed by atoms with Crippen molar-refractivity contribution in [2.45, 2.75) is 18.9 Å². The maximum absolute atomic E-state index is 9.89. The van der Waals surface area contributed by atoms with Crippen LogP contribution in [-0.4, -0.2) is 29.6 Å². The van der Waals surface area contributed by atoms with Crippen molar-refractivity contribution in [2.75, 3.05) is 19.6 Å². The van der Waals surface area contributed by atoms with Gasteiger partial charge < -0.3 is 10.8 Å². The molecule has 0 aliphatic carbocycles. The fourth-order valence-corrected chi connectivity index (χ4v) is 2.70. The van der Waals surface area contributed by atoms with Crippen LogP contribution in [0.2, 0.25) is 0 Å². The molecule has 4 heteroatoms. The Bertz CT molecular complexity index is 364. The number of aromatic hydroxyl groups is 1. The summed E-state index contributed by atoms with van der Waals surface area (Å²) in [6.07, 6.45) is 2.45. The molecule has 1 aliphatic rings. The topological polar surface area (TPSA) is 49.5 Å². The van der Waals surface area contributed by atoms with Crippen molar-refractivity contribution in [1.82, 2.24) is 4.90 Å². The predicted molar refractivity (Wildman–Crippen MR) is 68.4 cm³/mol. The standard InChI is InChI=1S/C12H17BrN2O/c13-9-3-4-12(16)10(7-9)11(8-14)15-5-1-2-6-15/h3-4,7,11,16H,1-2,5-6,8,14H2. The third-order valence-corrected chi connectivity index (χ3v) is 3.65. The molecule has 0 aromatic heterocycles. The van der Waals surface area contributed by atoms with Gasteiger partial charge in [0.1, 0.15) is 5.75 Å². The quantitative estimate of drug-likeness (QED) is 0.895. The Hall–Kier alpha value is -0.580. The maximum Gasteiger partial charge on any atom is 0.120 e. The van der Waals surface area contributed by atoms with E-state index in [0.29, 0.717) is 12.3 Å². The SMILES string of the molecule is NCC(c1cc(Br)ccc1O)N1CCCC1. The van der Waals surface area contributed by atoms with Crippen molar-refractivity contribution in [3.8, 4) is 5.75 Å². The first-order valence-corrected chi connectivity index (χ1v) is 6.44. The van der Waals surface area contributed by atoms with Gasteiger partial charge in [-0.25, -0.2) is 0 Å². The van der Waals surface area contributed by atoms with E-state index >= 15 is 0 Å². The van der Waals surface area contributed by atoms with Crippen molar-refractivity contribution < 1.29 is 5.11 Å². The van der Waals surface area contributed by atoms with Crippen LogP contribution in [0, 0.1) is 0 Å². The largest absolute Gasteiger partial charge is 0.508 e.